The van der Waals surface area contributed by atoms with Crippen LogP contribution >= 0.6 is 45.7 Å². The van der Waals surface area contributed by atoms with Gasteiger partial charge in [-0.15, -0.1) is 0 Å². The number of fused-ring (bicyclic) bond motifs is 5. The number of aromatic nitrogens is 2. The first kappa shape index (κ1) is 19.6. The fraction of sp³-hybridized carbons (Fsp3) is 0.556. The second-order valence-corrected chi connectivity index (χ2v) is 9.90. The third-order valence-electron chi connectivity index (χ3n) is 5.55. The Hall–Kier alpha value is -0.690. The summed E-state index contributed by atoms with van der Waals surface area (Å²) in [6.45, 7) is 10.5. The molecule has 1 saturated heterocycles. The number of nitrogens with zero attached hydrogens (tertiary/aromatic N) is 5. The molecule has 2 aromatic rings. The van der Waals surface area contributed by atoms with E-state index in [1.54, 1.807) is 13.0 Å². The molecular weight excluding hydrogens is 575 g/mol. The first-order valence-corrected chi connectivity index (χ1v) is 11.0. The van der Waals surface area contributed by atoms with Crippen LogP contribution in [0.3, 0.4) is 0 Å². The van der Waals surface area contributed by atoms with Gasteiger partial charge in [-0.3, -0.25) is 4.79 Å². The highest BCUT2D eigenvalue weighted by molar-refractivity contribution is 14.1. The van der Waals surface area contributed by atoms with Crippen LogP contribution in [-0.4, -0.2) is 48.6 Å². The summed E-state index contributed by atoms with van der Waals surface area (Å²) in [7, 11) is 0. The lowest BCUT2D eigenvalue weighted by atomic mass is 10.00. The molecule has 2 unspecified atom stereocenters. The molecule has 27 heavy (non-hydrogen) atoms. The molecule has 0 aliphatic carbocycles. The van der Waals surface area contributed by atoms with Crippen molar-refractivity contribution in [1.29, 1.82) is 0 Å². The smallest absolute Gasteiger partial charge is 0.286 e. The van der Waals surface area contributed by atoms with Gasteiger partial charge in [0.1, 0.15) is 11.5 Å². The Kier molecular flexibility index (Phi) is 5.07. The number of hydrogen-bond donors (Lipinski definition) is 0. The lowest BCUT2D eigenvalue weighted by molar-refractivity contribution is 0.304. The van der Waals surface area contributed by atoms with Crippen molar-refractivity contribution < 1.29 is 4.39 Å². The molecule has 0 bridgehead atoms. The number of aryl methyl sites for hydroxylation is 1. The number of pyridine rings is 2. The van der Waals surface area contributed by atoms with Gasteiger partial charge in [-0.2, -0.15) is 0 Å². The predicted molar refractivity (Wildman–Crippen MR) is 124 cm³/mol. The van der Waals surface area contributed by atoms with E-state index < -0.39 is 0 Å². The monoisotopic (exact) mass is 597 g/mol. The molecule has 2 atom stereocenters. The third-order valence-corrected chi connectivity index (χ3v) is 7.79. The van der Waals surface area contributed by atoms with Crippen molar-refractivity contribution >= 4 is 68.1 Å². The van der Waals surface area contributed by atoms with Crippen LogP contribution in [0.5, 0.6) is 0 Å². The largest absolute Gasteiger partial charge is 0.361 e. The Labute approximate surface area is 185 Å². The van der Waals surface area contributed by atoms with E-state index in [-0.39, 0.29) is 23.5 Å². The summed E-state index contributed by atoms with van der Waals surface area (Å²) in [6.07, 6.45) is 0. The number of hydrogen-bond acceptors (Lipinski definition) is 5. The Morgan fingerprint density at radius 3 is 2.59 bits per heavy atom. The third kappa shape index (κ3) is 3.04. The Bertz CT molecular complexity index is 979. The Balaban J connectivity index is 2.07. The normalized spacial score (nSPS) is 23.1. The maximum atomic E-state index is 14.5. The molecule has 4 rings (SSSR count). The van der Waals surface area contributed by atoms with E-state index in [2.05, 4.69) is 61.5 Å². The average molecular weight is 597 g/mol. The van der Waals surface area contributed by atoms with Gasteiger partial charge >= 0.3 is 0 Å². The average Bonchev–Trinajstić information content (AvgIpc) is 2.61. The van der Waals surface area contributed by atoms with Crippen LogP contribution in [0.1, 0.15) is 26.5 Å². The summed E-state index contributed by atoms with van der Waals surface area (Å²) in [5, 5.41) is 0.714. The molecule has 6 nitrogen and oxygen atoms in total. The summed E-state index contributed by atoms with van der Waals surface area (Å²) in [5.41, 5.74) is 2.28. The molecule has 2 aliphatic rings. The minimum absolute atomic E-state index is 0.0756. The summed E-state index contributed by atoms with van der Waals surface area (Å²) < 4.78 is 18.3. The van der Waals surface area contributed by atoms with E-state index >= 15 is 0 Å². The number of halogens is 3. The minimum Gasteiger partial charge on any atom is -0.361 e. The summed E-state index contributed by atoms with van der Waals surface area (Å²) in [5.74, 6) is -0.335. The van der Waals surface area contributed by atoms with Crippen LogP contribution in [0.2, 0.25) is 0 Å². The number of rotatable bonds is 1. The van der Waals surface area contributed by atoms with Gasteiger partial charge in [0.05, 0.1) is 40.3 Å². The van der Waals surface area contributed by atoms with E-state index in [4.69, 9.17) is 0 Å². The van der Waals surface area contributed by atoms with Gasteiger partial charge in [0.25, 0.3) is 5.56 Å². The van der Waals surface area contributed by atoms with E-state index in [9.17, 15) is 9.18 Å². The zero-order valence-corrected chi connectivity index (χ0v) is 20.0. The maximum absolute atomic E-state index is 14.5. The first-order valence-electron chi connectivity index (χ1n) is 9.08. The van der Waals surface area contributed by atoms with Crippen LogP contribution < -0.4 is 15.4 Å². The summed E-state index contributed by atoms with van der Waals surface area (Å²) in [6, 6.07) is 2.33. The van der Waals surface area contributed by atoms with Gasteiger partial charge in [0.2, 0.25) is 0 Å². The summed E-state index contributed by atoms with van der Waals surface area (Å²) >= 11 is 4.37. The maximum Gasteiger partial charge on any atom is 0.286 e. The van der Waals surface area contributed by atoms with Crippen LogP contribution in [0.25, 0.3) is 11.0 Å². The van der Waals surface area contributed by atoms with E-state index in [0.29, 0.717) is 28.5 Å². The second kappa shape index (κ2) is 6.97. The highest BCUT2D eigenvalue weighted by Gasteiger charge is 2.41. The molecule has 0 saturated carbocycles. The topological polar surface area (TPSA) is 44.6 Å². The molecule has 0 amide bonds. The van der Waals surface area contributed by atoms with Crippen molar-refractivity contribution in [2.45, 2.75) is 45.8 Å². The van der Waals surface area contributed by atoms with Gasteiger partial charge in [0, 0.05) is 60.0 Å². The van der Waals surface area contributed by atoms with E-state index in [0.717, 1.165) is 25.3 Å². The van der Waals surface area contributed by atoms with Crippen LogP contribution in [-0.2, 0) is 0 Å². The fourth-order valence-electron chi connectivity index (χ4n) is 4.08. The SMILES string of the molecule is Cc1nc2c(cc1F)c1c(c(=O)n2I)N(C(C)C)CC2CN(I)C(C)CN12. The first-order chi connectivity index (χ1) is 12.7. The molecule has 9 heteroatoms. The Morgan fingerprint density at radius 1 is 1.22 bits per heavy atom. The highest BCUT2D eigenvalue weighted by Crippen LogP contribution is 2.42. The van der Waals surface area contributed by atoms with Gasteiger partial charge in [-0.1, -0.05) is 0 Å². The van der Waals surface area contributed by atoms with Gasteiger partial charge in [-0.05, 0) is 33.8 Å². The molecule has 2 aliphatic heterocycles. The van der Waals surface area contributed by atoms with Crippen molar-refractivity contribution in [3.05, 3.63) is 27.9 Å². The van der Waals surface area contributed by atoms with Crippen LogP contribution in [0, 0.1) is 12.7 Å². The van der Waals surface area contributed by atoms with E-state index in [1.165, 1.54) is 2.78 Å². The molecule has 0 radical (unpaired) electrons. The number of piperazine rings is 1. The van der Waals surface area contributed by atoms with Gasteiger partial charge in [-0.25, -0.2) is 15.3 Å². The summed E-state index contributed by atoms with van der Waals surface area (Å²) in [4.78, 5) is 22.2. The van der Waals surface area contributed by atoms with Gasteiger partial charge < -0.3 is 9.80 Å². The molecule has 4 heterocycles. The standard InChI is InChI=1S/C18H22FI2N5O/c1-9(2)23-7-12-8-25(20)10(3)6-24(12)15-13-5-14(19)11(4)22-17(13)26(21)18(27)16(15)23/h5,9-10,12H,6-8H2,1-4H3. The highest BCUT2D eigenvalue weighted by atomic mass is 127. The lowest BCUT2D eigenvalue weighted by Gasteiger charge is -2.51. The van der Waals surface area contributed by atoms with Crippen molar-refractivity contribution in [3.8, 4) is 0 Å². The minimum atomic E-state index is -0.335. The lowest BCUT2D eigenvalue weighted by Crippen LogP contribution is -2.62. The zero-order valence-electron chi connectivity index (χ0n) is 15.7. The predicted octanol–water partition coefficient (Wildman–Crippen LogP) is 3.50. The Morgan fingerprint density at radius 2 is 1.93 bits per heavy atom. The molecular formula is C18H22FI2N5O. The fourth-order valence-corrected chi connectivity index (χ4v) is 5.31. The van der Waals surface area contributed by atoms with Crippen molar-refractivity contribution in [3.63, 3.8) is 0 Å². The second-order valence-electron chi connectivity index (χ2n) is 7.69. The van der Waals surface area contributed by atoms with Crippen molar-refractivity contribution in [2.24, 2.45) is 0 Å². The van der Waals surface area contributed by atoms with Crippen molar-refractivity contribution in [1.82, 2.24) is 10.9 Å². The van der Waals surface area contributed by atoms with Crippen LogP contribution in [0.4, 0.5) is 15.8 Å². The quantitative estimate of drug-likeness (QED) is 0.373. The molecule has 0 N–H and O–H groups in total. The van der Waals surface area contributed by atoms with Gasteiger partial charge in [0.15, 0.2) is 5.65 Å². The molecule has 2 aromatic heterocycles. The zero-order chi connectivity index (χ0) is 19.6. The molecule has 146 valence electrons. The van der Waals surface area contributed by atoms with Crippen LogP contribution in [0.15, 0.2) is 10.9 Å². The van der Waals surface area contributed by atoms with E-state index in [1.807, 2.05) is 22.9 Å². The molecule has 0 aromatic carbocycles. The molecule has 1 fully saturated rings. The molecule has 0 spiro atoms. The van der Waals surface area contributed by atoms with Crippen molar-refractivity contribution in [2.75, 3.05) is 29.4 Å². The number of anilines is 2.